The number of phosphoric ester groups is 2. The number of hydrogen-bond donors (Lipinski definition) is 8. The predicted molar refractivity (Wildman–Crippen MR) is 103 cm³/mol. The number of aliphatic hydroxyl groups excluding tert-OH is 5. The maximum atomic E-state index is 12.1. The summed E-state index contributed by atoms with van der Waals surface area (Å²) in [7, 11) is -10.9. The Morgan fingerprint density at radius 3 is 2.35 bits per heavy atom. The van der Waals surface area contributed by atoms with Gasteiger partial charge in [0.15, 0.2) is 12.5 Å². The van der Waals surface area contributed by atoms with Crippen molar-refractivity contribution in [2.24, 2.45) is 0 Å². The topological polar surface area (TPSA) is 277 Å². The molecule has 2 aliphatic heterocycles. The van der Waals surface area contributed by atoms with Crippen LogP contribution in [0.3, 0.4) is 0 Å². The van der Waals surface area contributed by atoms with E-state index in [4.69, 9.17) is 9.47 Å². The Hall–Kier alpha value is -1.34. The van der Waals surface area contributed by atoms with Gasteiger partial charge in [-0.25, -0.2) is 13.9 Å². The van der Waals surface area contributed by atoms with Crippen molar-refractivity contribution in [3.05, 3.63) is 33.1 Å². The molecule has 18 nitrogen and oxygen atoms in total. The molecule has 2 fully saturated rings. The van der Waals surface area contributed by atoms with E-state index < -0.39 is 89.2 Å². The first-order valence-corrected chi connectivity index (χ1v) is 12.4. The number of nitrogens with zero attached hydrogens (tertiary/aromatic N) is 1. The molecular weight excluding hydrogens is 514 g/mol. The van der Waals surface area contributed by atoms with Crippen LogP contribution in [0, 0.1) is 0 Å². The van der Waals surface area contributed by atoms with Gasteiger partial charge >= 0.3 is 21.3 Å². The van der Waals surface area contributed by atoms with E-state index in [0.29, 0.717) is 0 Å². The Morgan fingerprint density at radius 2 is 1.71 bits per heavy atom. The van der Waals surface area contributed by atoms with Crippen molar-refractivity contribution >= 4 is 15.6 Å². The van der Waals surface area contributed by atoms with E-state index in [1.54, 1.807) is 0 Å². The zero-order valence-corrected chi connectivity index (χ0v) is 18.6. The molecule has 3 rings (SSSR count). The second-order valence-corrected chi connectivity index (χ2v) is 10.2. The first kappa shape index (κ1) is 27.3. The zero-order valence-electron chi connectivity index (χ0n) is 16.8. The lowest BCUT2D eigenvalue weighted by molar-refractivity contribution is -0.245. The van der Waals surface area contributed by atoms with Gasteiger partial charge in [-0.2, -0.15) is 4.31 Å². The van der Waals surface area contributed by atoms with Gasteiger partial charge in [0.25, 0.3) is 5.56 Å². The van der Waals surface area contributed by atoms with Gasteiger partial charge in [-0.15, -0.1) is 0 Å². The van der Waals surface area contributed by atoms with Crippen molar-refractivity contribution < 1.29 is 67.3 Å². The lowest BCUT2D eigenvalue weighted by Crippen LogP contribution is -2.53. The third kappa shape index (κ3) is 6.26. The second-order valence-electron chi connectivity index (χ2n) is 7.23. The highest BCUT2D eigenvalue weighted by Crippen LogP contribution is 2.61. The zero-order chi connectivity index (χ0) is 25.4. The summed E-state index contributed by atoms with van der Waals surface area (Å²) in [6.07, 6.45) is -13.0. The molecule has 194 valence electrons. The third-order valence-corrected chi connectivity index (χ3v) is 7.36. The molecule has 0 amide bonds. The molecule has 3 heterocycles. The maximum Gasteiger partial charge on any atom is 0.483 e. The van der Waals surface area contributed by atoms with E-state index >= 15 is 0 Å². The molecule has 1 aromatic rings. The Labute approximate surface area is 188 Å². The molecule has 0 aromatic carbocycles. The number of nitrogens with one attached hydrogen (secondary N) is 1. The first-order valence-electron chi connectivity index (χ1n) is 9.39. The van der Waals surface area contributed by atoms with Crippen LogP contribution >= 0.6 is 15.6 Å². The number of hydrogen-bond acceptors (Lipinski definition) is 14. The van der Waals surface area contributed by atoms with Crippen LogP contribution in [0.4, 0.5) is 0 Å². The molecule has 2 aliphatic rings. The van der Waals surface area contributed by atoms with Crippen LogP contribution in [-0.2, 0) is 32.0 Å². The summed E-state index contributed by atoms with van der Waals surface area (Å²) in [5.74, 6) is 0. The van der Waals surface area contributed by atoms with Crippen LogP contribution in [-0.4, -0.2) is 101 Å². The summed E-state index contributed by atoms with van der Waals surface area (Å²) < 4.78 is 47.7. The molecule has 20 heteroatoms. The molecule has 8 N–H and O–H groups in total. The highest BCUT2D eigenvalue weighted by molar-refractivity contribution is 7.61. The third-order valence-electron chi connectivity index (χ3n) is 4.76. The van der Waals surface area contributed by atoms with E-state index in [1.165, 1.54) is 0 Å². The second kappa shape index (κ2) is 10.3. The molecule has 0 radical (unpaired) electrons. The Morgan fingerprint density at radius 1 is 1.03 bits per heavy atom. The van der Waals surface area contributed by atoms with Gasteiger partial charge in [0.1, 0.15) is 36.6 Å². The molecule has 0 bridgehead atoms. The fourth-order valence-corrected chi connectivity index (χ4v) is 5.24. The molecule has 10 atom stereocenters. The summed E-state index contributed by atoms with van der Waals surface area (Å²) >= 11 is 0. The number of ether oxygens (including phenoxy) is 2. The van der Waals surface area contributed by atoms with Crippen LogP contribution in [0.25, 0.3) is 0 Å². The Balaban J connectivity index is 1.59. The number of aromatic amines is 1. The molecule has 34 heavy (non-hydrogen) atoms. The van der Waals surface area contributed by atoms with Crippen molar-refractivity contribution in [1.29, 1.82) is 0 Å². The fourth-order valence-electron chi connectivity index (χ4n) is 3.07. The van der Waals surface area contributed by atoms with Crippen molar-refractivity contribution in [2.75, 3.05) is 13.2 Å². The van der Waals surface area contributed by atoms with Crippen molar-refractivity contribution in [1.82, 2.24) is 9.55 Å². The van der Waals surface area contributed by atoms with Gasteiger partial charge in [0.05, 0.1) is 13.2 Å². The summed E-state index contributed by atoms with van der Waals surface area (Å²) in [4.78, 5) is 44.3. The minimum atomic E-state index is -5.47. The van der Waals surface area contributed by atoms with Crippen LogP contribution in [0.1, 0.15) is 6.23 Å². The van der Waals surface area contributed by atoms with E-state index in [-0.39, 0.29) is 0 Å². The molecule has 0 spiro atoms. The maximum absolute atomic E-state index is 12.1. The quantitative estimate of drug-likeness (QED) is 0.146. The van der Waals surface area contributed by atoms with Crippen LogP contribution < -0.4 is 11.2 Å². The average molecular weight is 536 g/mol. The van der Waals surface area contributed by atoms with Crippen molar-refractivity contribution in [2.45, 2.75) is 49.1 Å². The monoisotopic (exact) mass is 536 g/mol. The molecule has 0 saturated carbocycles. The first-order chi connectivity index (χ1) is 15.7. The molecular formula is C14H22N2O16P2. The van der Waals surface area contributed by atoms with Gasteiger partial charge < -0.3 is 44.8 Å². The van der Waals surface area contributed by atoms with Gasteiger partial charge in [-0.3, -0.25) is 23.4 Å². The number of aromatic nitrogens is 2. The van der Waals surface area contributed by atoms with Crippen molar-refractivity contribution in [3.63, 3.8) is 0 Å². The molecule has 2 saturated heterocycles. The standard InChI is InChI=1S/C14H22N2O16P2/c17-5-3-28-13(11(22)8(5)19)31-34(26,27)32-33(24,25)29-4-6-9(20)10(21)12(30-6)16-2-1-7(18)15-14(16)23/h1-2,5-6,8-13,17,19-22H,3-4H2,(H,24,25)(H,26,27)(H,15,18,23)/t5-,6-,8+,9-,10-,11-,12?,13-/m1/s1. The summed E-state index contributed by atoms with van der Waals surface area (Å²) in [6, 6.07) is 0.939. The van der Waals surface area contributed by atoms with E-state index in [1.807, 2.05) is 4.98 Å². The number of aliphatic hydroxyl groups is 5. The average Bonchev–Trinajstić information content (AvgIpc) is 3.00. The van der Waals surface area contributed by atoms with E-state index in [2.05, 4.69) is 13.4 Å². The Bertz CT molecular complexity index is 1080. The van der Waals surface area contributed by atoms with Gasteiger partial charge in [-0.1, -0.05) is 0 Å². The summed E-state index contributed by atoms with van der Waals surface area (Å²) in [5.41, 5.74) is -1.72. The molecule has 1 aromatic heterocycles. The molecule has 0 aliphatic carbocycles. The summed E-state index contributed by atoms with van der Waals surface area (Å²) in [6.45, 7) is -1.59. The van der Waals surface area contributed by atoms with Gasteiger partial charge in [-0.05, 0) is 0 Å². The SMILES string of the molecule is O=c1ccn(C2O[C@H](COP(=O)(O)OP(=O)(O)O[C@H]3OC[C@@H](O)[C@H](O)[C@H]3O)[C@@H](O)[C@H]2O)c(=O)[nH]1. The van der Waals surface area contributed by atoms with Crippen LogP contribution in [0.5, 0.6) is 0 Å². The minimum absolute atomic E-state index is 0.602. The fraction of sp³-hybridized carbons (Fsp3) is 0.714. The summed E-state index contributed by atoms with van der Waals surface area (Å²) in [5, 5.41) is 48.8. The number of rotatable bonds is 8. The largest absolute Gasteiger partial charge is 0.483 e. The van der Waals surface area contributed by atoms with Gasteiger partial charge in [0, 0.05) is 12.3 Å². The van der Waals surface area contributed by atoms with Crippen molar-refractivity contribution in [3.8, 4) is 0 Å². The number of phosphoric acid groups is 2. The van der Waals surface area contributed by atoms with E-state index in [0.717, 1.165) is 16.8 Å². The lowest BCUT2D eigenvalue weighted by atomic mass is 10.1. The Kier molecular flexibility index (Phi) is 8.28. The lowest BCUT2D eigenvalue weighted by Gasteiger charge is -2.35. The minimum Gasteiger partial charge on any atom is -0.388 e. The predicted octanol–water partition coefficient (Wildman–Crippen LogP) is -4.15. The number of H-pyrrole nitrogens is 1. The van der Waals surface area contributed by atoms with E-state index in [9.17, 15) is 54.0 Å². The highest BCUT2D eigenvalue weighted by atomic mass is 31.3. The highest BCUT2D eigenvalue weighted by Gasteiger charge is 2.47. The van der Waals surface area contributed by atoms with Crippen LogP contribution in [0.15, 0.2) is 21.9 Å². The smallest absolute Gasteiger partial charge is 0.388 e. The van der Waals surface area contributed by atoms with Gasteiger partial charge in [0.2, 0.25) is 0 Å². The van der Waals surface area contributed by atoms with Crippen LogP contribution in [0.2, 0.25) is 0 Å². The normalized spacial score (nSPS) is 37.7. The molecule has 3 unspecified atom stereocenters.